The van der Waals surface area contributed by atoms with Crippen LogP contribution in [0, 0.1) is 11.3 Å². The Morgan fingerprint density at radius 3 is 2.37 bits per heavy atom. The van der Waals surface area contributed by atoms with Gasteiger partial charge in [-0.15, -0.1) is 0 Å². The molecule has 0 spiro atoms. The standard InChI is InChI=1S/C24H36ClN3O2/c1-24(2,3)14-22(29)28(20-10-7-18(26)8-11-20)15-17-13-19(9-12-21(17)25)27-23(30)16-5-4-6-16/h9,12-13,16,18,20H,4-8,10-11,14-15,26H2,1-3H3,(H,27,30). The predicted octanol–water partition coefficient (Wildman–Crippen LogP) is 5.11. The summed E-state index contributed by atoms with van der Waals surface area (Å²) in [7, 11) is 0. The van der Waals surface area contributed by atoms with Gasteiger partial charge in [0.2, 0.25) is 11.8 Å². The Bertz CT molecular complexity index is 762. The first-order valence-corrected chi connectivity index (χ1v) is 11.6. The second-order valence-corrected chi connectivity index (χ2v) is 10.7. The van der Waals surface area contributed by atoms with Crippen LogP contribution in [-0.2, 0) is 16.1 Å². The number of amides is 2. The number of nitrogens with zero attached hydrogens (tertiary/aromatic N) is 1. The molecule has 0 aliphatic heterocycles. The molecule has 3 N–H and O–H groups in total. The Kier molecular flexibility index (Phi) is 7.46. The number of halogens is 1. The number of nitrogens with two attached hydrogens (primary N) is 1. The largest absolute Gasteiger partial charge is 0.335 e. The van der Waals surface area contributed by atoms with Gasteiger partial charge in [0, 0.05) is 41.7 Å². The summed E-state index contributed by atoms with van der Waals surface area (Å²) in [6, 6.07) is 5.99. The molecule has 3 rings (SSSR count). The van der Waals surface area contributed by atoms with Gasteiger partial charge < -0.3 is 16.0 Å². The van der Waals surface area contributed by atoms with E-state index in [2.05, 4.69) is 26.1 Å². The summed E-state index contributed by atoms with van der Waals surface area (Å²) in [5.74, 6) is 0.361. The molecule has 0 saturated heterocycles. The monoisotopic (exact) mass is 433 g/mol. The highest BCUT2D eigenvalue weighted by molar-refractivity contribution is 6.31. The number of carbonyl (C=O) groups is 2. The lowest BCUT2D eigenvalue weighted by Gasteiger charge is -2.37. The van der Waals surface area contributed by atoms with Gasteiger partial charge in [0.25, 0.3) is 0 Å². The van der Waals surface area contributed by atoms with Crippen LogP contribution in [0.2, 0.25) is 5.02 Å². The Morgan fingerprint density at radius 1 is 1.13 bits per heavy atom. The van der Waals surface area contributed by atoms with E-state index in [9.17, 15) is 9.59 Å². The fourth-order valence-electron chi connectivity index (χ4n) is 4.26. The number of anilines is 1. The van der Waals surface area contributed by atoms with Gasteiger partial charge in [-0.2, -0.15) is 0 Å². The van der Waals surface area contributed by atoms with Gasteiger partial charge in [0.05, 0.1) is 0 Å². The summed E-state index contributed by atoms with van der Waals surface area (Å²) in [5, 5.41) is 3.64. The maximum Gasteiger partial charge on any atom is 0.227 e. The molecule has 0 unspecified atom stereocenters. The van der Waals surface area contributed by atoms with Crippen molar-refractivity contribution in [1.29, 1.82) is 0 Å². The zero-order valence-electron chi connectivity index (χ0n) is 18.5. The average Bonchev–Trinajstić information content (AvgIpc) is 2.60. The zero-order chi connectivity index (χ0) is 21.9. The molecule has 30 heavy (non-hydrogen) atoms. The molecule has 2 saturated carbocycles. The van der Waals surface area contributed by atoms with Crippen LogP contribution in [0.4, 0.5) is 5.69 Å². The van der Waals surface area contributed by atoms with E-state index in [1.807, 2.05) is 23.1 Å². The molecule has 1 aromatic carbocycles. The molecule has 1 aromatic rings. The molecule has 0 atom stereocenters. The minimum atomic E-state index is -0.0806. The molecule has 0 aromatic heterocycles. The first-order chi connectivity index (χ1) is 14.1. The summed E-state index contributed by atoms with van der Waals surface area (Å²) < 4.78 is 0. The lowest BCUT2D eigenvalue weighted by Crippen LogP contribution is -2.44. The van der Waals surface area contributed by atoms with Crippen LogP contribution in [-0.4, -0.2) is 28.8 Å². The van der Waals surface area contributed by atoms with Gasteiger partial charge in [-0.3, -0.25) is 9.59 Å². The van der Waals surface area contributed by atoms with Gasteiger partial charge >= 0.3 is 0 Å². The third-order valence-electron chi connectivity index (χ3n) is 6.31. The van der Waals surface area contributed by atoms with E-state index in [1.54, 1.807) is 0 Å². The summed E-state index contributed by atoms with van der Waals surface area (Å²) >= 11 is 6.51. The van der Waals surface area contributed by atoms with E-state index in [0.29, 0.717) is 18.0 Å². The molecule has 6 heteroatoms. The quantitative estimate of drug-likeness (QED) is 0.654. The van der Waals surface area contributed by atoms with E-state index in [1.165, 1.54) is 0 Å². The number of nitrogens with one attached hydrogen (secondary N) is 1. The van der Waals surface area contributed by atoms with Crippen LogP contribution in [0.25, 0.3) is 0 Å². The summed E-state index contributed by atoms with van der Waals surface area (Å²) in [6.45, 7) is 6.72. The van der Waals surface area contributed by atoms with Crippen molar-refractivity contribution in [2.45, 2.75) is 90.8 Å². The minimum absolute atomic E-state index is 0.0801. The Balaban J connectivity index is 1.77. The Hall–Kier alpha value is -1.59. The second kappa shape index (κ2) is 9.69. The molecule has 2 aliphatic carbocycles. The molecule has 5 nitrogen and oxygen atoms in total. The lowest BCUT2D eigenvalue weighted by atomic mass is 9.85. The fraction of sp³-hybridized carbons (Fsp3) is 0.667. The minimum Gasteiger partial charge on any atom is -0.335 e. The number of rotatable bonds is 6. The molecule has 2 aliphatic rings. The van der Waals surface area contributed by atoms with Crippen molar-refractivity contribution in [2.24, 2.45) is 17.1 Å². The third kappa shape index (κ3) is 6.21. The normalized spacial score (nSPS) is 22.3. The van der Waals surface area contributed by atoms with Crippen molar-refractivity contribution in [3.63, 3.8) is 0 Å². The first kappa shape index (κ1) is 23.1. The highest BCUT2D eigenvalue weighted by atomic mass is 35.5. The van der Waals surface area contributed by atoms with Crippen molar-refractivity contribution in [3.05, 3.63) is 28.8 Å². The lowest BCUT2D eigenvalue weighted by molar-refractivity contribution is -0.137. The van der Waals surface area contributed by atoms with E-state index >= 15 is 0 Å². The molecule has 0 bridgehead atoms. The molecule has 0 heterocycles. The SMILES string of the molecule is CC(C)(C)CC(=O)N(Cc1cc(NC(=O)C2CCC2)ccc1Cl)C1CCC(N)CC1. The van der Waals surface area contributed by atoms with Crippen LogP contribution < -0.4 is 11.1 Å². The number of hydrogen-bond acceptors (Lipinski definition) is 3. The van der Waals surface area contributed by atoms with Crippen LogP contribution in [0.3, 0.4) is 0 Å². The average molecular weight is 434 g/mol. The van der Waals surface area contributed by atoms with Crippen LogP contribution >= 0.6 is 11.6 Å². The van der Waals surface area contributed by atoms with Crippen molar-refractivity contribution in [1.82, 2.24) is 4.90 Å². The maximum atomic E-state index is 13.2. The fourth-order valence-corrected chi connectivity index (χ4v) is 4.44. The van der Waals surface area contributed by atoms with Crippen LogP contribution in [0.1, 0.15) is 77.7 Å². The zero-order valence-corrected chi connectivity index (χ0v) is 19.3. The van der Waals surface area contributed by atoms with Crippen molar-refractivity contribution in [2.75, 3.05) is 5.32 Å². The topological polar surface area (TPSA) is 75.4 Å². The van der Waals surface area contributed by atoms with Crippen molar-refractivity contribution >= 4 is 29.1 Å². The Labute approximate surface area is 185 Å². The first-order valence-electron chi connectivity index (χ1n) is 11.3. The van der Waals surface area contributed by atoms with E-state index in [4.69, 9.17) is 17.3 Å². The van der Waals surface area contributed by atoms with Gasteiger partial charge in [-0.1, -0.05) is 38.8 Å². The molecular weight excluding hydrogens is 398 g/mol. The van der Waals surface area contributed by atoms with E-state index in [-0.39, 0.29) is 35.2 Å². The summed E-state index contributed by atoms with van der Waals surface area (Å²) in [6.07, 6.45) is 7.27. The second-order valence-electron chi connectivity index (χ2n) is 10.3. The van der Waals surface area contributed by atoms with Gasteiger partial charge in [-0.05, 0) is 67.7 Å². The Morgan fingerprint density at radius 2 is 1.80 bits per heavy atom. The predicted molar refractivity (Wildman–Crippen MR) is 122 cm³/mol. The van der Waals surface area contributed by atoms with E-state index in [0.717, 1.165) is 56.2 Å². The molecule has 2 fully saturated rings. The molecular formula is C24H36ClN3O2. The number of hydrogen-bond donors (Lipinski definition) is 2. The van der Waals surface area contributed by atoms with Crippen LogP contribution in [0.5, 0.6) is 0 Å². The van der Waals surface area contributed by atoms with Crippen LogP contribution in [0.15, 0.2) is 18.2 Å². The van der Waals surface area contributed by atoms with Crippen molar-refractivity contribution < 1.29 is 9.59 Å². The van der Waals surface area contributed by atoms with Gasteiger partial charge in [-0.25, -0.2) is 0 Å². The smallest absolute Gasteiger partial charge is 0.227 e. The maximum absolute atomic E-state index is 13.2. The van der Waals surface area contributed by atoms with Gasteiger partial charge in [0.15, 0.2) is 0 Å². The highest BCUT2D eigenvalue weighted by Gasteiger charge is 2.30. The number of carbonyl (C=O) groups excluding carboxylic acids is 2. The molecule has 166 valence electrons. The number of benzene rings is 1. The van der Waals surface area contributed by atoms with Crippen molar-refractivity contribution in [3.8, 4) is 0 Å². The molecule has 2 amide bonds. The van der Waals surface area contributed by atoms with Gasteiger partial charge in [0.1, 0.15) is 0 Å². The third-order valence-corrected chi connectivity index (χ3v) is 6.68. The highest BCUT2D eigenvalue weighted by Crippen LogP contribution is 2.31. The summed E-state index contributed by atoms with van der Waals surface area (Å²) in [4.78, 5) is 27.6. The van der Waals surface area contributed by atoms with E-state index < -0.39 is 0 Å². The molecule has 0 radical (unpaired) electrons. The summed E-state index contributed by atoms with van der Waals surface area (Å²) in [5.41, 5.74) is 7.64.